The molecule has 0 radical (unpaired) electrons. The van der Waals surface area contributed by atoms with Gasteiger partial charge in [0.1, 0.15) is 0 Å². The molecule has 1 aromatic heterocycles. The molecule has 8 heteroatoms. The molecule has 0 bridgehead atoms. The van der Waals surface area contributed by atoms with Gasteiger partial charge in [0.2, 0.25) is 17.6 Å². The lowest BCUT2D eigenvalue weighted by Gasteiger charge is -2.31. The van der Waals surface area contributed by atoms with E-state index in [0.29, 0.717) is 36.1 Å². The van der Waals surface area contributed by atoms with Gasteiger partial charge in [-0.05, 0) is 44.0 Å². The molecule has 1 unspecified atom stereocenters. The van der Waals surface area contributed by atoms with Crippen molar-refractivity contribution in [3.05, 3.63) is 65.5 Å². The number of nitrogens with one attached hydrogen (secondary N) is 1. The predicted molar refractivity (Wildman–Crippen MR) is 119 cm³/mol. The summed E-state index contributed by atoms with van der Waals surface area (Å²) in [6, 6.07) is 14.8. The Bertz CT molecular complexity index is 1110. The largest absolute Gasteiger partial charge is 0.465 e. The highest BCUT2D eigenvalue weighted by atomic mass is 16.5. The highest BCUT2D eigenvalue weighted by Crippen LogP contribution is 2.24. The number of likely N-dealkylation sites (tertiary alicyclic amines) is 1. The number of amides is 1. The van der Waals surface area contributed by atoms with Crippen molar-refractivity contribution >= 4 is 17.6 Å². The number of rotatable bonds is 6. The molecule has 32 heavy (non-hydrogen) atoms. The predicted octanol–water partition coefficient (Wildman–Crippen LogP) is 3.68. The van der Waals surface area contributed by atoms with Crippen LogP contribution in [0.2, 0.25) is 0 Å². The molecule has 1 amide bonds. The fourth-order valence-electron chi connectivity index (χ4n) is 3.97. The van der Waals surface area contributed by atoms with Gasteiger partial charge in [-0.25, -0.2) is 4.79 Å². The molecule has 3 aromatic rings. The first-order valence-corrected chi connectivity index (χ1v) is 10.6. The zero-order valence-electron chi connectivity index (χ0n) is 18.2. The van der Waals surface area contributed by atoms with Crippen LogP contribution >= 0.6 is 0 Å². The molecule has 0 spiro atoms. The standard InChI is InChI=1S/C24H26N4O4/c1-16-8-3-4-10-18(16)22-26-21(32-27-22)15-28-13-7-9-17(14-28)23(29)25-20-12-6-5-11-19(20)24(30)31-2/h3-6,8,10-12,17H,7,9,13-15H2,1-2H3,(H,25,29). The Kier molecular flexibility index (Phi) is 6.61. The highest BCUT2D eigenvalue weighted by Gasteiger charge is 2.28. The summed E-state index contributed by atoms with van der Waals surface area (Å²) in [6.45, 7) is 3.93. The van der Waals surface area contributed by atoms with E-state index in [0.717, 1.165) is 30.5 Å². The molecule has 0 saturated carbocycles. The second-order valence-corrected chi connectivity index (χ2v) is 7.93. The number of methoxy groups -OCH3 is 1. The zero-order chi connectivity index (χ0) is 22.5. The number of aryl methyl sites for hydroxylation is 1. The van der Waals surface area contributed by atoms with E-state index in [2.05, 4.69) is 20.4 Å². The number of hydrogen-bond acceptors (Lipinski definition) is 7. The molecular formula is C24H26N4O4. The molecule has 0 aliphatic carbocycles. The SMILES string of the molecule is COC(=O)c1ccccc1NC(=O)C1CCCN(Cc2nc(-c3ccccc3C)no2)C1. The number of aromatic nitrogens is 2. The van der Waals surface area contributed by atoms with Crippen molar-refractivity contribution in [2.75, 3.05) is 25.5 Å². The van der Waals surface area contributed by atoms with Crippen molar-refractivity contribution in [1.82, 2.24) is 15.0 Å². The fourth-order valence-corrected chi connectivity index (χ4v) is 3.97. The third-order valence-electron chi connectivity index (χ3n) is 5.68. The summed E-state index contributed by atoms with van der Waals surface area (Å²) in [5, 5.41) is 7.02. The summed E-state index contributed by atoms with van der Waals surface area (Å²) in [6.07, 6.45) is 1.66. The number of para-hydroxylation sites is 1. The quantitative estimate of drug-likeness (QED) is 0.591. The van der Waals surface area contributed by atoms with Crippen LogP contribution < -0.4 is 5.32 Å². The Balaban J connectivity index is 1.40. The van der Waals surface area contributed by atoms with Crippen molar-refractivity contribution in [3.8, 4) is 11.4 Å². The Morgan fingerprint density at radius 3 is 2.78 bits per heavy atom. The van der Waals surface area contributed by atoms with Gasteiger partial charge in [-0.15, -0.1) is 0 Å². The summed E-state index contributed by atoms with van der Waals surface area (Å²) >= 11 is 0. The maximum absolute atomic E-state index is 12.9. The van der Waals surface area contributed by atoms with E-state index < -0.39 is 5.97 Å². The summed E-state index contributed by atoms with van der Waals surface area (Å²) < 4.78 is 10.3. The number of ether oxygens (including phenoxy) is 1. The minimum absolute atomic E-state index is 0.114. The third kappa shape index (κ3) is 4.86. The van der Waals surface area contributed by atoms with Crippen LogP contribution in [0, 0.1) is 12.8 Å². The van der Waals surface area contributed by atoms with E-state index in [1.165, 1.54) is 7.11 Å². The number of anilines is 1. The van der Waals surface area contributed by atoms with Crippen LogP contribution in [-0.4, -0.2) is 47.1 Å². The van der Waals surface area contributed by atoms with Gasteiger partial charge in [-0.2, -0.15) is 4.98 Å². The molecule has 2 heterocycles. The van der Waals surface area contributed by atoms with Crippen LogP contribution in [0.1, 0.15) is 34.7 Å². The summed E-state index contributed by atoms with van der Waals surface area (Å²) in [5.74, 6) is 0.307. The lowest BCUT2D eigenvalue weighted by atomic mass is 9.97. The molecule has 8 nitrogen and oxygen atoms in total. The van der Waals surface area contributed by atoms with Crippen molar-refractivity contribution in [2.24, 2.45) is 5.92 Å². The molecule has 2 aromatic carbocycles. The fraction of sp³-hybridized carbons (Fsp3) is 0.333. The molecule has 1 N–H and O–H groups in total. The summed E-state index contributed by atoms with van der Waals surface area (Å²) in [5.41, 5.74) is 2.83. The maximum Gasteiger partial charge on any atom is 0.339 e. The Hall–Kier alpha value is -3.52. The van der Waals surface area contributed by atoms with Crippen LogP contribution in [0.3, 0.4) is 0 Å². The van der Waals surface area contributed by atoms with Gasteiger partial charge in [0.05, 0.1) is 30.8 Å². The number of benzene rings is 2. The number of hydrogen-bond donors (Lipinski definition) is 1. The topological polar surface area (TPSA) is 97.6 Å². The van der Waals surface area contributed by atoms with Gasteiger partial charge >= 0.3 is 5.97 Å². The lowest BCUT2D eigenvalue weighted by Crippen LogP contribution is -2.40. The monoisotopic (exact) mass is 434 g/mol. The van der Waals surface area contributed by atoms with Crippen molar-refractivity contribution in [3.63, 3.8) is 0 Å². The number of piperidine rings is 1. The first-order chi connectivity index (χ1) is 15.5. The van der Waals surface area contributed by atoms with E-state index in [9.17, 15) is 9.59 Å². The average Bonchev–Trinajstić information content (AvgIpc) is 3.27. The lowest BCUT2D eigenvalue weighted by molar-refractivity contribution is -0.121. The smallest absolute Gasteiger partial charge is 0.339 e. The van der Waals surface area contributed by atoms with E-state index in [4.69, 9.17) is 9.26 Å². The first-order valence-electron chi connectivity index (χ1n) is 10.6. The number of nitrogens with zero attached hydrogens (tertiary/aromatic N) is 3. The van der Waals surface area contributed by atoms with Crippen molar-refractivity contribution in [2.45, 2.75) is 26.3 Å². The van der Waals surface area contributed by atoms with E-state index in [1.807, 2.05) is 31.2 Å². The molecule has 1 aliphatic rings. The van der Waals surface area contributed by atoms with E-state index >= 15 is 0 Å². The zero-order valence-corrected chi connectivity index (χ0v) is 18.2. The Morgan fingerprint density at radius 1 is 1.19 bits per heavy atom. The average molecular weight is 434 g/mol. The molecule has 1 saturated heterocycles. The van der Waals surface area contributed by atoms with Gasteiger partial charge < -0.3 is 14.6 Å². The Morgan fingerprint density at radius 2 is 1.97 bits per heavy atom. The molecule has 1 aliphatic heterocycles. The van der Waals surface area contributed by atoms with Crippen LogP contribution in [0.4, 0.5) is 5.69 Å². The minimum atomic E-state index is -0.480. The van der Waals surface area contributed by atoms with Gasteiger partial charge in [-0.3, -0.25) is 9.69 Å². The highest BCUT2D eigenvalue weighted by molar-refractivity contribution is 6.01. The van der Waals surface area contributed by atoms with Crippen LogP contribution in [0.5, 0.6) is 0 Å². The van der Waals surface area contributed by atoms with Crippen LogP contribution in [-0.2, 0) is 16.1 Å². The molecule has 166 valence electrons. The van der Waals surface area contributed by atoms with Crippen molar-refractivity contribution < 1.29 is 18.8 Å². The second-order valence-electron chi connectivity index (χ2n) is 7.93. The molecule has 1 atom stereocenters. The number of esters is 1. The summed E-state index contributed by atoms with van der Waals surface area (Å²) in [7, 11) is 1.32. The summed E-state index contributed by atoms with van der Waals surface area (Å²) in [4.78, 5) is 31.6. The molecule has 4 rings (SSSR count). The number of carbonyl (C=O) groups is 2. The van der Waals surface area contributed by atoms with Gasteiger partial charge in [0.25, 0.3) is 0 Å². The maximum atomic E-state index is 12.9. The third-order valence-corrected chi connectivity index (χ3v) is 5.68. The van der Waals surface area contributed by atoms with Crippen LogP contribution in [0.25, 0.3) is 11.4 Å². The van der Waals surface area contributed by atoms with Crippen molar-refractivity contribution in [1.29, 1.82) is 0 Å². The van der Waals surface area contributed by atoms with Gasteiger partial charge in [0.15, 0.2) is 0 Å². The van der Waals surface area contributed by atoms with Crippen LogP contribution in [0.15, 0.2) is 53.1 Å². The normalized spacial score (nSPS) is 16.5. The molecular weight excluding hydrogens is 408 g/mol. The van der Waals surface area contributed by atoms with Gasteiger partial charge in [0, 0.05) is 12.1 Å². The first kappa shape index (κ1) is 21.7. The van der Waals surface area contributed by atoms with E-state index in [1.54, 1.807) is 24.3 Å². The second kappa shape index (κ2) is 9.74. The molecule has 1 fully saturated rings. The Labute approximate surface area is 186 Å². The number of carbonyl (C=O) groups excluding carboxylic acids is 2. The van der Waals surface area contributed by atoms with E-state index in [-0.39, 0.29) is 11.8 Å². The minimum Gasteiger partial charge on any atom is -0.465 e. The van der Waals surface area contributed by atoms with Gasteiger partial charge in [-0.1, -0.05) is 41.6 Å².